The van der Waals surface area contributed by atoms with Crippen LogP contribution in [0.25, 0.3) is 0 Å². The summed E-state index contributed by atoms with van der Waals surface area (Å²) in [6.45, 7) is 3.13. The molecule has 0 unspecified atom stereocenters. The van der Waals surface area contributed by atoms with Gasteiger partial charge in [0.2, 0.25) is 0 Å². The minimum atomic E-state index is -0.247. The molecular weight excluding hydrogens is 424 g/mol. The van der Waals surface area contributed by atoms with Crippen LogP contribution in [0.15, 0.2) is 79.1 Å². The zero-order chi connectivity index (χ0) is 22.3. The topological polar surface area (TPSA) is 69.0 Å². The second-order valence-electron chi connectivity index (χ2n) is 7.37. The summed E-state index contributed by atoms with van der Waals surface area (Å²) in [5.41, 5.74) is 4.03. The Hall–Kier alpha value is -3.64. The Morgan fingerprint density at radius 1 is 1.00 bits per heavy atom. The van der Waals surface area contributed by atoms with E-state index in [9.17, 15) is 4.79 Å². The number of ether oxygens (including phenoxy) is 1. The van der Waals surface area contributed by atoms with E-state index in [1.807, 2.05) is 66.7 Å². The molecule has 2 aromatic heterocycles. The minimum Gasteiger partial charge on any atom is -0.489 e. The predicted octanol–water partition coefficient (Wildman–Crippen LogP) is 4.80. The summed E-state index contributed by atoms with van der Waals surface area (Å²) in [7, 11) is 0. The van der Waals surface area contributed by atoms with Crippen LogP contribution in [0.5, 0.6) is 5.75 Å². The summed E-state index contributed by atoms with van der Waals surface area (Å²) >= 11 is 6.48. The van der Waals surface area contributed by atoms with Gasteiger partial charge < -0.3 is 10.1 Å². The molecule has 6 nitrogen and oxygen atoms in total. The molecule has 4 aromatic rings. The highest BCUT2D eigenvalue weighted by Gasteiger charge is 2.20. The number of aromatic nitrogens is 3. The van der Waals surface area contributed by atoms with Crippen molar-refractivity contribution in [1.29, 1.82) is 0 Å². The smallest absolute Gasteiger partial charge is 0.256 e. The quantitative estimate of drug-likeness (QED) is 0.422. The van der Waals surface area contributed by atoms with Gasteiger partial charge in [-0.2, -0.15) is 5.10 Å². The van der Waals surface area contributed by atoms with Gasteiger partial charge in [0.25, 0.3) is 5.91 Å². The summed E-state index contributed by atoms with van der Waals surface area (Å²) in [4.78, 5) is 16.8. The Balaban J connectivity index is 1.34. The normalized spacial score (nSPS) is 10.7. The van der Waals surface area contributed by atoms with E-state index in [1.165, 1.54) is 0 Å². The van der Waals surface area contributed by atoms with E-state index < -0.39 is 0 Å². The average molecular weight is 447 g/mol. The minimum absolute atomic E-state index is 0.247. The Labute approximate surface area is 191 Å². The van der Waals surface area contributed by atoms with Crippen LogP contribution in [0.2, 0.25) is 5.15 Å². The van der Waals surface area contributed by atoms with Gasteiger partial charge in [-0.25, -0.2) is 4.68 Å². The van der Waals surface area contributed by atoms with Crippen molar-refractivity contribution in [2.45, 2.75) is 26.6 Å². The first-order valence-electron chi connectivity index (χ1n) is 10.3. The number of hydrogen-bond donors (Lipinski definition) is 1. The van der Waals surface area contributed by atoms with Crippen LogP contribution in [-0.2, 0) is 19.7 Å². The molecule has 32 heavy (non-hydrogen) atoms. The van der Waals surface area contributed by atoms with E-state index >= 15 is 0 Å². The van der Waals surface area contributed by atoms with E-state index in [1.54, 1.807) is 24.0 Å². The van der Waals surface area contributed by atoms with Gasteiger partial charge >= 0.3 is 0 Å². The monoisotopic (exact) mass is 446 g/mol. The first-order chi connectivity index (χ1) is 15.6. The molecular formula is C25H23ClN4O2. The second kappa shape index (κ2) is 10.1. The molecule has 0 atom stereocenters. The van der Waals surface area contributed by atoms with E-state index in [4.69, 9.17) is 16.3 Å². The molecule has 2 aromatic carbocycles. The fourth-order valence-corrected chi connectivity index (χ4v) is 3.62. The predicted molar refractivity (Wildman–Crippen MR) is 124 cm³/mol. The van der Waals surface area contributed by atoms with Gasteiger partial charge in [0.1, 0.15) is 17.5 Å². The zero-order valence-corrected chi connectivity index (χ0v) is 18.4. The van der Waals surface area contributed by atoms with Crippen LogP contribution >= 0.6 is 11.6 Å². The summed E-state index contributed by atoms with van der Waals surface area (Å²) in [6.07, 6.45) is 3.51. The van der Waals surface area contributed by atoms with Gasteiger partial charge in [-0.1, -0.05) is 60.1 Å². The van der Waals surface area contributed by atoms with E-state index in [-0.39, 0.29) is 5.91 Å². The number of halogens is 1. The number of nitrogens with zero attached hydrogens (tertiary/aromatic N) is 3. The third-order valence-corrected chi connectivity index (χ3v) is 5.36. The number of carbonyl (C=O) groups excluding carboxylic acids is 1. The Morgan fingerprint density at radius 3 is 2.47 bits per heavy atom. The highest BCUT2D eigenvalue weighted by atomic mass is 35.5. The van der Waals surface area contributed by atoms with Crippen molar-refractivity contribution in [2.24, 2.45) is 0 Å². The second-order valence-corrected chi connectivity index (χ2v) is 7.73. The number of carbonyl (C=O) groups is 1. The molecule has 0 fully saturated rings. The number of nitrogens with one attached hydrogen (secondary N) is 1. The van der Waals surface area contributed by atoms with Crippen LogP contribution in [0.4, 0.5) is 0 Å². The van der Waals surface area contributed by atoms with Crippen LogP contribution in [0, 0.1) is 6.92 Å². The highest BCUT2D eigenvalue weighted by molar-refractivity contribution is 6.33. The van der Waals surface area contributed by atoms with Gasteiger partial charge in [0.15, 0.2) is 0 Å². The van der Waals surface area contributed by atoms with Crippen LogP contribution in [-0.4, -0.2) is 20.7 Å². The summed E-state index contributed by atoms with van der Waals surface area (Å²) in [5.74, 6) is 0.508. The Kier molecular flexibility index (Phi) is 6.82. The largest absolute Gasteiger partial charge is 0.489 e. The van der Waals surface area contributed by atoms with Gasteiger partial charge in [0, 0.05) is 24.5 Å². The van der Waals surface area contributed by atoms with Gasteiger partial charge in [-0.3, -0.25) is 9.78 Å². The molecule has 7 heteroatoms. The number of rotatable bonds is 8. The highest BCUT2D eigenvalue weighted by Crippen LogP contribution is 2.21. The first-order valence-corrected chi connectivity index (χ1v) is 10.6. The SMILES string of the molecule is Cc1nn(Cc2ccccc2)c(Cl)c1C(=O)NCc1ccc(OCc2cccnc2)cc1. The van der Waals surface area contributed by atoms with Crippen molar-refractivity contribution in [3.8, 4) is 5.75 Å². The van der Waals surface area contributed by atoms with Gasteiger partial charge in [-0.15, -0.1) is 0 Å². The average Bonchev–Trinajstić information content (AvgIpc) is 3.10. The molecule has 0 spiro atoms. The van der Waals surface area contributed by atoms with Crippen molar-refractivity contribution >= 4 is 17.5 Å². The van der Waals surface area contributed by atoms with Crippen molar-refractivity contribution in [2.75, 3.05) is 0 Å². The third-order valence-electron chi connectivity index (χ3n) is 4.97. The maximum atomic E-state index is 12.8. The molecule has 0 aliphatic heterocycles. The van der Waals surface area contributed by atoms with Crippen molar-refractivity contribution in [1.82, 2.24) is 20.1 Å². The number of pyridine rings is 1. The molecule has 0 radical (unpaired) electrons. The zero-order valence-electron chi connectivity index (χ0n) is 17.7. The molecule has 162 valence electrons. The fourth-order valence-electron chi connectivity index (χ4n) is 3.30. The van der Waals surface area contributed by atoms with Crippen molar-refractivity contribution in [3.63, 3.8) is 0 Å². The van der Waals surface area contributed by atoms with E-state index in [0.29, 0.717) is 36.1 Å². The van der Waals surface area contributed by atoms with Gasteiger partial charge in [0.05, 0.1) is 17.8 Å². The van der Waals surface area contributed by atoms with Gasteiger partial charge in [-0.05, 0) is 36.2 Å². The molecule has 4 rings (SSSR count). The lowest BCUT2D eigenvalue weighted by Gasteiger charge is -2.08. The lowest BCUT2D eigenvalue weighted by molar-refractivity contribution is 0.0950. The fraction of sp³-hybridized carbons (Fsp3) is 0.160. The molecule has 1 amide bonds. The molecule has 0 aliphatic carbocycles. The molecule has 0 saturated carbocycles. The van der Waals surface area contributed by atoms with Crippen LogP contribution in [0.1, 0.15) is 32.7 Å². The summed E-state index contributed by atoms with van der Waals surface area (Å²) < 4.78 is 7.42. The molecule has 1 N–H and O–H groups in total. The van der Waals surface area contributed by atoms with Crippen molar-refractivity contribution < 1.29 is 9.53 Å². The Bertz CT molecular complexity index is 1180. The van der Waals surface area contributed by atoms with E-state index in [0.717, 1.165) is 22.4 Å². The third kappa shape index (κ3) is 5.34. The van der Waals surface area contributed by atoms with Crippen molar-refractivity contribution in [3.05, 3.63) is 112 Å². The summed E-state index contributed by atoms with van der Waals surface area (Å²) in [6, 6.07) is 21.3. The van der Waals surface area contributed by atoms with Crippen LogP contribution in [0.3, 0.4) is 0 Å². The molecule has 0 saturated heterocycles. The first kappa shape index (κ1) is 21.6. The molecule has 0 bridgehead atoms. The van der Waals surface area contributed by atoms with E-state index in [2.05, 4.69) is 15.4 Å². The maximum Gasteiger partial charge on any atom is 0.256 e. The standard InChI is InChI=1S/C25H23ClN4O2/c1-18-23(24(26)30(29-18)16-20-6-3-2-4-7-20)25(31)28-15-19-9-11-22(12-10-19)32-17-21-8-5-13-27-14-21/h2-14H,15-17H2,1H3,(H,28,31). The maximum absolute atomic E-state index is 12.8. The Morgan fingerprint density at radius 2 is 1.75 bits per heavy atom. The van der Waals surface area contributed by atoms with Crippen LogP contribution < -0.4 is 10.1 Å². The number of amides is 1. The molecule has 0 aliphatic rings. The number of benzene rings is 2. The summed E-state index contributed by atoms with van der Waals surface area (Å²) in [5, 5.41) is 7.70. The number of hydrogen-bond acceptors (Lipinski definition) is 4. The lowest BCUT2D eigenvalue weighted by Crippen LogP contribution is -2.23. The lowest BCUT2D eigenvalue weighted by atomic mass is 10.2. The molecule has 2 heterocycles. The number of aryl methyl sites for hydroxylation is 1.